The van der Waals surface area contributed by atoms with Crippen LogP contribution in [-0.4, -0.2) is 19.2 Å². The van der Waals surface area contributed by atoms with Crippen molar-refractivity contribution in [1.29, 1.82) is 0 Å². The van der Waals surface area contributed by atoms with Crippen LogP contribution in [0.5, 0.6) is 0 Å². The lowest BCUT2D eigenvalue weighted by Gasteiger charge is -2.37. The van der Waals surface area contributed by atoms with E-state index in [2.05, 4.69) is 0 Å². The minimum Gasteiger partial charge on any atom is -0.352 e. The second kappa shape index (κ2) is 9.19. The Hall–Kier alpha value is -2.46. The third-order valence-corrected chi connectivity index (χ3v) is 5.34. The van der Waals surface area contributed by atoms with Crippen LogP contribution < -0.4 is 0 Å². The number of aldehydes is 1. The van der Waals surface area contributed by atoms with Gasteiger partial charge in [0.1, 0.15) is 12.1 Å². The molecule has 0 aliphatic carbocycles. The van der Waals surface area contributed by atoms with Gasteiger partial charge in [-0.05, 0) is 54.8 Å². The summed E-state index contributed by atoms with van der Waals surface area (Å²) in [4.78, 5) is 11.6. The summed E-state index contributed by atoms with van der Waals surface area (Å²) in [6, 6.07) is 6.43. The highest BCUT2D eigenvalue weighted by molar-refractivity contribution is 5.56. The fourth-order valence-electron chi connectivity index (χ4n) is 3.66. The zero-order valence-electron chi connectivity index (χ0n) is 16.7. The van der Waals surface area contributed by atoms with Crippen LogP contribution in [-0.2, 0) is 26.6 Å². The molecule has 3 nitrogen and oxygen atoms in total. The SMILES string of the molecule is CC(OC1OCC[C@@H](C=O)[C@@H]1c1ccc(F)cc1)c1cc(C(F)(F)F)cc(C(F)(F)F)c1. The van der Waals surface area contributed by atoms with Gasteiger partial charge < -0.3 is 14.3 Å². The van der Waals surface area contributed by atoms with Crippen molar-refractivity contribution in [3.05, 3.63) is 70.5 Å². The Bertz CT molecular complexity index is 906. The highest BCUT2D eigenvalue weighted by Crippen LogP contribution is 2.41. The molecule has 0 N–H and O–H groups in total. The summed E-state index contributed by atoms with van der Waals surface area (Å²) in [5.41, 5.74) is -2.76. The topological polar surface area (TPSA) is 35.5 Å². The maximum absolute atomic E-state index is 13.3. The summed E-state index contributed by atoms with van der Waals surface area (Å²) < 4.78 is 104. The van der Waals surface area contributed by atoms with Gasteiger partial charge in [-0.1, -0.05) is 12.1 Å². The molecule has 0 radical (unpaired) electrons. The fraction of sp³-hybridized carbons (Fsp3) is 0.409. The molecule has 32 heavy (non-hydrogen) atoms. The van der Waals surface area contributed by atoms with Crippen LogP contribution in [0.25, 0.3) is 0 Å². The number of ether oxygens (including phenoxy) is 2. The Kier molecular flexibility index (Phi) is 6.94. The second-order valence-corrected chi connectivity index (χ2v) is 7.52. The molecular formula is C22H19F7O3. The van der Waals surface area contributed by atoms with Gasteiger partial charge in [-0.25, -0.2) is 4.39 Å². The number of halogens is 7. The van der Waals surface area contributed by atoms with Gasteiger partial charge in [0.2, 0.25) is 0 Å². The monoisotopic (exact) mass is 464 g/mol. The van der Waals surface area contributed by atoms with Gasteiger partial charge in [0, 0.05) is 11.8 Å². The van der Waals surface area contributed by atoms with E-state index < -0.39 is 53.5 Å². The van der Waals surface area contributed by atoms with Crippen molar-refractivity contribution in [3.63, 3.8) is 0 Å². The lowest BCUT2D eigenvalue weighted by molar-refractivity contribution is -0.207. The van der Waals surface area contributed by atoms with E-state index in [-0.39, 0.29) is 18.2 Å². The lowest BCUT2D eigenvalue weighted by atomic mass is 9.82. The molecule has 0 spiro atoms. The summed E-state index contributed by atoms with van der Waals surface area (Å²) in [7, 11) is 0. The molecule has 174 valence electrons. The molecule has 0 saturated carbocycles. The average molecular weight is 464 g/mol. The van der Waals surface area contributed by atoms with Crippen LogP contribution in [0, 0.1) is 11.7 Å². The molecule has 0 aromatic heterocycles. The fourth-order valence-corrected chi connectivity index (χ4v) is 3.66. The summed E-state index contributed by atoms with van der Waals surface area (Å²) >= 11 is 0. The molecule has 2 aromatic rings. The van der Waals surface area contributed by atoms with E-state index in [0.29, 0.717) is 30.4 Å². The van der Waals surface area contributed by atoms with Crippen LogP contribution in [0.3, 0.4) is 0 Å². The van der Waals surface area contributed by atoms with Crippen LogP contribution in [0.4, 0.5) is 30.7 Å². The zero-order chi connectivity index (χ0) is 23.7. The van der Waals surface area contributed by atoms with Crippen molar-refractivity contribution in [3.8, 4) is 0 Å². The Labute approximate surface area is 179 Å². The van der Waals surface area contributed by atoms with E-state index in [1.54, 1.807) is 0 Å². The third kappa shape index (κ3) is 5.47. The molecule has 1 aliphatic heterocycles. The Morgan fingerprint density at radius 3 is 2.06 bits per heavy atom. The van der Waals surface area contributed by atoms with Gasteiger partial charge in [0.05, 0.1) is 23.8 Å². The second-order valence-electron chi connectivity index (χ2n) is 7.52. The van der Waals surface area contributed by atoms with E-state index in [1.165, 1.54) is 31.2 Å². The lowest BCUT2D eigenvalue weighted by Crippen LogP contribution is -2.38. The van der Waals surface area contributed by atoms with Gasteiger partial charge >= 0.3 is 12.4 Å². The third-order valence-electron chi connectivity index (χ3n) is 5.34. The first-order chi connectivity index (χ1) is 14.9. The van der Waals surface area contributed by atoms with Crippen molar-refractivity contribution >= 4 is 6.29 Å². The first-order valence-corrected chi connectivity index (χ1v) is 9.67. The van der Waals surface area contributed by atoms with E-state index in [4.69, 9.17) is 9.47 Å². The highest BCUT2D eigenvalue weighted by Gasteiger charge is 2.39. The van der Waals surface area contributed by atoms with Gasteiger partial charge in [0.15, 0.2) is 6.29 Å². The van der Waals surface area contributed by atoms with Gasteiger partial charge in [-0.2, -0.15) is 26.3 Å². The number of benzene rings is 2. The average Bonchev–Trinajstić information content (AvgIpc) is 2.72. The van der Waals surface area contributed by atoms with Crippen LogP contribution in [0.2, 0.25) is 0 Å². The van der Waals surface area contributed by atoms with E-state index in [1.807, 2.05) is 0 Å². The highest BCUT2D eigenvalue weighted by atomic mass is 19.4. The molecule has 2 aromatic carbocycles. The Morgan fingerprint density at radius 2 is 1.56 bits per heavy atom. The molecule has 3 rings (SSSR count). The Morgan fingerprint density at radius 1 is 1.00 bits per heavy atom. The summed E-state index contributed by atoms with van der Waals surface area (Å²) in [6.45, 7) is 1.40. The maximum Gasteiger partial charge on any atom is 0.416 e. The predicted octanol–water partition coefficient (Wildman–Crippen LogP) is 6.29. The molecule has 4 atom stereocenters. The van der Waals surface area contributed by atoms with Crippen LogP contribution in [0.1, 0.15) is 47.6 Å². The quantitative estimate of drug-likeness (QED) is 0.386. The number of alkyl halides is 6. The normalized spacial score (nSPS) is 23.1. The summed E-state index contributed by atoms with van der Waals surface area (Å²) in [6.07, 6.45) is -11.3. The van der Waals surface area contributed by atoms with Crippen molar-refractivity contribution in [2.24, 2.45) is 5.92 Å². The van der Waals surface area contributed by atoms with Crippen molar-refractivity contribution in [1.82, 2.24) is 0 Å². The summed E-state index contributed by atoms with van der Waals surface area (Å²) in [5, 5.41) is 0. The van der Waals surface area contributed by atoms with Gasteiger partial charge in [-0.15, -0.1) is 0 Å². The maximum atomic E-state index is 13.3. The largest absolute Gasteiger partial charge is 0.416 e. The first-order valence-electron chi connectivity index (χ1n) is 9.67. The van der Waals surface area contributed by atoms with E-state index in [0.717, 1.165) is 0 Å². The Balaban J connectivity index is 1.94. The minimum atomic E-state index is -4.99. The number of hydrogen-bond acceptors (Lipinski definition) is 3. The van der Waals surface area contributed by atoms with Crippen molar-refractivity contribution in [2.75, 3.05) is 6.61 Å². The molecule has 2 unspecified atom stereocenters. The molecular weight excluding hydrogens is 445 g/mol. The standard InChI is InChI=1S/C22H19F7O3/c1-12(15-8-16(21(24,25)26)10-17(9-15)22(27,28)29)32-20-19(14(11-30)6-7-31-20)13-2-4-18(23)5-3-13/h2-5,8-12,14,19-20H,6-7H2,1H3/t12?,14-,19-,20?/m0/s1. The van der Waals surface area contributed by atoms with Crippen LogP contribution >= 0.6 is 0 Å². The van der Waals surface area contributed by atoms with Crippen molar-refractivity contribution < 1.29 is 45.0 Å². The smallest absolute Gasteiger partial charge is 0.352 e. The molecule has 1 aliphatic rings. The molecule has 1 fully saturated rings. The van der Waals surface area contributed by atoms with E-state index >= 15 is 0 Å². The predicted molar refractivity (Wildman–Crippen MR) is 99.0 cm³/mol. The summed E-state index contributed by atoms with van der Waals surface area (Å²) in [5.74, 6) is -1.81. The van der Waals surface area contributed by atoms with Crippen LogP contribution in [0.15, 0.2) is 42.5 Å². The first kappa shape index (κ1) is 24.2. The van der Waals surface area contributed by atoms with E-state index in [9.17, 15) is 35.5 Å². The van der Waals surface area contributed by atoms with Gasteiger partial charge in [0.25, 0.3) is 0 Å². The minimum absolute atomic E-state index is 0.0388. The number of rotatable bonds is 5. The molecule has 0 amide bonds. The number of carbonyl (C=O) groups is 1. The van der Waals surface area contributed by atoms with Crippen molar-refractivity contribution in [2.45, 2.75) is 44.0 Å². The van der Waals surface area contributed by atoms with Gasteiger partial charge in [-0.3, -0.25) is 0 Å². The number of hydrogen-bond donors (Lipinski definition) is 0. The molecule has 10 heteroatoms. The number of carbonyl (C=O) groups excluding carboxylic acids is 1. The zero-order valence-corrected chi connectivity index (χ0v) is 16.7. The molecule has 0 bridgehead atoms. The molecule has 1 heterocycles. The molecule has 1 saturated heterocycles.